The average Bonchev–Trinajstić information content (AvgIpc) is 2.65. The quantitative estimate of drug-likeness (QED) is 0.686. The molecule has 0 aliphatic rings. The summed E-state index contributed by atoms with van der Waals surface area (Å²) >= 11 is 0. The van der Waals surface area contributed by atoms with Gasteiger partial charge in [0.05, 0.1) is 18.0 Å². The summed E-state index contributed by atoms with van der Waals surface area (Å²) < 4.78 is 32.9. The maximum Gasteiger partial charge on any atom is 0.342 e. The number of nitrogens with one attached hydrogen (secondary N) is 1. The largest absolute Gasteiger partial charge is 0.496 e. The number of hydrogen-bond donors (Lipinski definition) is 2. The minimum absolute atomic E-state index is 0.102. The van der Waals surface area contributed by atoms with Crippen molar-refractivity contribution in [1.29, 1.82) is 0 Å². The molecule has 144 valence electrons. The molecule has 1 amide bonds. The highest BCUT2D eigenvalue weighted by molar-refractivity contribution is 7.89. The minimum atomic E-state index is -4.00. The summed E-state index contributed by atoms with van der Waals surface area (Å²) in [6.45, 7) is 1.27. The number of amides is 1. The van der Waals surface area contributed by atoms with E-state index in [2.05, 4.69) is 5.32 Å². The summed E-state index contributed by atoms with van der Waals surface area (Å²) in [6.07, 6.45) is 0. The standard InChI is InChI=1S/C18H20N2O6S/c1-12(13-6-4-3-5-7-13)20-17(21)11-26-18(22)15-10-14(27(19,23)24)8-9-16(15)25-2/h3-10,12H,11H2,1-2H3,(H,20,21)(H2,19,23,24)/t12-/m0/s1. The highest BCUT2D eigenvalue weighted by Gasteiger charge is 2.20. The molecular weight excluding hydrogens is 372 g/mol. The fourth-order valence-corrected chi connectivity index (χ4v) is 2.88. The SMILES string of the molecule is COc1ccc(S(N)(=O)=O)cc1C(=O)OCC(=O)N[C@@H](C)c1ccccc1. The highest BCUT2D eigenvalue weighted by atomic mass is 32.2. The topological polar surface area (TPSA) is 125 Å². The number of nitrogens with two attached hydrogens (primary N) is 1. The second-order valence-electron chi connectivity index (χ2n) is 5.68. The van der Waals surface area contributed by atoms with E-state index in [0.717, 1.165) is 11.6 Å². The molecule has 8 nitrogen and oxygen atoms in total. The number of carbonyl (C=O) groups is 2. The molecule has 0 aliphatic carbocycles. The fourth-order valence-electron chi connectivity index (χ4n) is 2.34. The fraction of sp³-hybridized carbons (Fsp3) is 0.222. The van der Waals surface area contributed by atoms with Crippen LogP contribution in [0.1, 0.15) is 28.9 Å². The Morgan fingerprint density at radius 1 is 1.15 bits per heavy atom. The van der Waals surface area contributed by atoms with Gasteiger partial charge in [-0.05, 0) is 30.7 Å². The Hall–Kier alpha value is -2.91. The molecule has 2 aromatic carbocycles. The molecule has 0 aromatic heterocycles. The third kappa shape index (κ3) is 5.53. The van der Waals surface area contributed by atoms with Crippen LogP contribution in [0.3, 0.4) is 0 Å². The zero-order valence-corrected chi connectivity index (χ0v) is 15.7. The second-order valence-corrected chi connectivity index (χ2v) is 7.24. The zero-order valence-electron chi connectivity index (χ0n) is 14.8. The molecule has 0 saturated heterocycles. The lowest BCUT2D eigenvalue weighted by molar-refractivity contribution is -0.124. The van der Waals surface area contributed by atoms with Gasteiger partial charge in [-0.25, -0.2) is 18.4 Å². The lowest BCUT2D eigenvalue weighted by Crippen LogP contribution is -2.31. The summed E-state index contributed by atoms with van der Waals surface area (Å²) in [7, 11) is -2.69. The first-order valence-corrected chi connectivity index (χ1v) is 9.49. The van der Waals surface area contributed by atoms with Crippen molar-refractivity contribution in [3.05, 3.63) is 59.7 Å². The van der Waals surface area contributed by atoms with Crippen LogP contribution in [0.4, 0.5) is 0 Å². The summed E-state index contributed by atoms with van der Waals surface area (Å²) in [4.78, 5) is 24.0. The number of hydrogen-bond acceptors (Lipinski definition) is 6. The third-order valence-electron chi connectivity index (χ3n) is 3.73. The number of rotatable bonds is 7. The Morgan fingerprint density at radius 3 is 2.41 bits per heavy atom. The molecule has 0 saturated carbocycles. The van der Waals surface area contributed by atoms with E-state index in [0.29, 0.717) is 0 Å². The molecule has 2 aromatic rings. The van der Waals surface area contributed by atoms with Gasteiger partial charge in [0.2, 0.25) is 10.0 Å². The van der Waals surface area contributed by atoms with E-state index < -0.39 is 28.5 Å². The minimum Gasteiger partial charge on any atom is -0.496 e. The van der Waals surface area contributed by atoms with Gasteiger partial charge in [0, 0.05) is 0 Å². The van der Waals surface area contributed by atoms with Crippen molar-refractivity contribution in [2.24, 2.45) is 5.14 Å². The number of primary sulfonamides is 1. The number of ether oxygens (including phenoxy) is 2. The maximum absolute atomic E-state index is 12.2. The van der Waals surface area contributed by atoms with E-state index in [-0.39, 0.29) is 22.3 Å². The molecule has 27 heavy (non-hydrogen) atoms. The van der Waals surface area contributed by atoms with E-state index in [4.69, 9.17) is 14.6 Å². The van der Waals surface area contributed by atoms with Gasteiger partial charge in [-0.15, -0.1) is 0 Å². The van der Waals surface area contributed by atoms with Crippen LogP contribution in [0.5, 0.6) is 5.75 Å². The van der Waals surface area contributed by atoms with E-state index in [9.17, 15) is 18.0 Å². The molecule has 0 bridgehead atoms. The Bertz CT molecular complexity index is 928. The monoisotopic (exact) mass is 392 g/mol. The van der Waals surface area contributed by atoms with Crippen LogP contribution in [0.25, 0.3) is 0 Å². The van der Waals surface area contributed by atoms with Crippen LogP contribution in [0.15, 0.2) is 53.4 Å². The van der Waals surface area contributed by atoms with Gasteiger partial charge < -0.3 is 14.8 Å². The molecule has 9 heteroatoms. The lowest BCUT2D eigenvalue weighted by atomic mass is 10.1. The second kappa shape index (κ2) is 8.65. The molecule has 0 aliphatic heterocycles. The zero-order chi connectivity index (χ0) is 20.0. The van der Waals surface area contributed by atoms with Crippen molar-refractivity contribution in [1.82, 2.24) is 5.32 Å². The van der Waals surface area contributed by atoms with Gasteiger partial charge in [-0.2, -0.15) is 0 Å². The van der Waals surface area contributed by atoms with Crippen molar-refractivity contribution in [3.63, 3.8) is 0 Å². The number of esters is 1. The number of methoxy groups -OCH3 is 1. The number of carbonyl (C=O) groups excluding carboxylic acids is 2. The third-order valence-corrected chi connectivity index (χ3v) is 4.64. The van der Waals surface area contributed by atoms with Crippen LogP contribution in [0, 0.1) is 0 Å². The molecule has 1 atom stereocenters. The number of benzene rings is 2. The van der Waals surface area contributed by atoms with Crippen molar-refractivity contribution < 1.29 is 27.5 Å². The highest BCUT2D eigenvalue weighted by Crippen LogP contribution is 2.22. The van der Waals surface area contributed by atoms with Crippen LogP contribution in [0.2, 0.25) is 0 Å². The van der Waals surface area contributed by atoms with Gasteiger partial charge >= 0.3 is 5.97 Å². The smallest absolute Gasteiger partial charge is 0.342 e. The Morgan fingerprint density at radius 2 is 1.81 bits per heavy atom. The van der Waals surface area contributed by atoms with Crippen molar-refractivity contribution in [2.75, 3.05) is 13.7 Å². The predicted molar refractivity (Wildman–Crippen MR) is 97.6 cm³/mol. The van der Waals surface area contributed by atoms with Crippen LogP contribution < -0.4 is 15.2 Å². The summed E-state index contributed by atoms with van der Waals surface area (Å²) in [5.74, 6) is -1.30. The van der Waals surface area contributed by atoms with Gasteiger partial charge in [-0.1, -0.05) is 30.3 Å². The molecular formula is C18H20N2O6S. The molecule has 0 heterocycles. The van der Waals surface area contributed by atoms with Gasteiger partial charge in [0.1, 0.15) is 11.3 Å². The Labute approximate surface area is 157 Å². The van der Waals surface area contributed by atoms with Crippen LogP contribution in [-0.4, -0.2) is 34.0 Å². The Kier molecular flexibility index (Phi) is 6.54. The predicted octanol–water partition coefficient (Wildman–Crippen LogP) is 1.38. The lowest BCUT2D eigenvalue weighted by Gasteiger charge is -2.14. The van der Waals surface area contributed by atoms with Crippen molar-refractivity contribution in [3.8, 4) is 5.75 Å². The molecule has 0 fully saturated rings. The van der Waals surface area contributed by atoms with Gasteiger partial charge in [0.15, 0.2) is 6.61 Å². The molecule has 2 rings (SSSR count). The summed E-state index contributed by atoms with van der Waals surface area (Å²) in [5, 5.41) is 7.77. The summed E-state index contributed by atoms with van der Waals surface area (Å²) in [6, 6.07) is 12.6. The van der Waals surface area contributed by atoms with E-state index in [1.54, 1.807) is 6.92 Å². The van der Waals surface area contributed by atoms with E-state index >= 15 is 0 Å². The first-order chi connectivity index (χ1) is 12.7. The Balaban J connectivity index is 2.03. The van der Waals surface area contributed by atoms with E-state index in [1.165, 1.54) is 19.2 Å². The van der Waals surface area contributed by atoms with Crippen molar-refractivity contribution >= 4 is 21.9 Å². The maximum atomic E-state index is 12.2. The van der Waals surface area contributed by atoms with Gasteiger partial charge in [0.25, 0.3) is 5.91 Å². The van der Waals surface area contributed by atoms with Crippen LogP contribution in [-0.2, 0) is 19.6 Å². The number of sulfonamides is 1. The first-order valence-electron chi connectivity index (χ1n) is 7.94. The van der Waals surface area contributed by atoms with E-state index in [1.807, 2.05) is 30.3 Å². The molecule has 0 unspecified atom stereocenters. The van der Waals surface area contributed by atoms with Gasteiger partial charge in [-0.3, -0.25) is 4.79 Å². The molecule has 0 radical (unpaired) electrons. The van der Waals surface area contributed by atoms with Crippen LogP contribution >= 0.6 is 0 Å². The normalized spacial score (nSPS) is 12.1. The molecule has 0 spiro atoms. The first kappa shape index (κ1) is 20.4. The van der Waals surface area contributed by atoms with Crippen molar-refractivity contribution in [2.45, 2.75) is 17.9 Å². The summed E-state index contributed by atoms with van der Waals surface area (Å²) in [5.41, 5.74) is 0.757. The average molecular weight is 392 g/mol. The molecule has 3 N–H and O–H groups in total.